The molecule has 0 saturated carbocycles. The molecule has 0 fully saturated rings. The fourth-order valence-corrected chi connectivity index (χ4v) is 2.82. The van der Waals surface area contributed by atoms with E-state index in [-0.39, 0.29) is 10.3 Å². The van der Waals surface area contributed by atoms with Crippen molar-refractivity contribution in [2.45, 2.75) is 5.60 Å². The van der Waals surface area contributed by atoms with Crippen LogP contribution in [0.5, 0.6) is 0 Å². The van der Waals surface area contributed by atoms with Crippen molar-refractivity contribution >= 4 is 23.2 Å². The zero-order chi connectivity index (χ0) is 15.6. The minimum atomic E-state index is -1.46. The Morgan fingerprint density at radius 3 is 1.77 bits per heavy atom. The predicted octanol–water partition coefficient (Wildman–Crippen LogP) is 4.07. The molecule has 22 heavy (non-hydrogen) atoms. The third-order valence-corrected chi connectivity index (χ3v) is 3.96. The van der Waals surface area contributed by atoms with Crippen molar-refractivity contribution in [3.05, 3.63) is 93.7 Å². The maximum atomic E-state index is 11.5. The lowest BCUT2D eigenvalue weighted by Gasteiger charge is -2.30. The molecule has 0 aliphatic rings. The van der Waals surface area contributed by atoms with Crippen LogP contribution < -0.4 is 0 Å². The Morgan fingerprint density at radius 1 is 0.773 bits per heavy atom. The molecule has 0 atom stereocenters. The lowest BCUT2D eigenvalue weighted by molar-refractivity contribution is 0.125. The first-order valence-corrected chi connectivity index (χ1v) is 7.40. The molecule has 3 aromatic rings. The maximum absolute atomic E-state index is 11.5. The largest absolute Gasteiger partial charge is 0.376 e. The molecule has 110 valence electrons. The highest BCUT2D eigenvalue weighted by Crippen LogP contribution is 2.39. The Morgan fingerprint density at radius 2 is 1.27 bits per heavy atom. The van der Waals surface area contributed by atoms with Crippen molar-refractivity contribution in [2.24, 2.45) is 0 Å². The van der Waals surface area contributed by atoms with Crippen LogP contribution in [0.25, 0.3) is 0 Å². The third kappa shape index (κ3) is 2.59. The second kappa shape index (κ2) is 6.05. The molecular formula is C17H12Cl2N2O. The Hall–Kier alpha value is -1.94. The summed E-state index contributed by atoms with van der Waals surface area (Å²) < 4.78 is 0. The first kappa shape index (κ1) is 15.0. The van der Waals surface area contributed by atoms with Crippen LogP contribution in [0.3, 0.4) is 0 Å². The van der Waals surface area contributed by atoms with Gasteiger partial charge in [-0.05, 0) is 17.2 Å². The van der Waals surface area contributed by atoms with Gasteiger partial charge < -0.3 is 5.11 Å². The molecule has 1 heterocycles. The van der Waals surface area contributed by atoms with Gasteiger partial charge >= 0.3 is 0 Å². The van der Waals surface area contributed by atoms with E-state index >= 15 is 0 Å². The van der Waals surface area contributed by atoms with Gasteiger partial charge in [-0.1, -0.05) is 83.9 Å². The number of nitrogens with zero attached hydrogens (tertiary/aromatic N) is 2. The van der Waals surface area contributed by atoms with Gasteiger partial charge in [-0.25, -0.2) is 0 Å². The van der Waals surface area contributed by atoms with Crippen LogP contribution in [-0.2, 0) is 5.60 Å². The molecule has 0 radical (unpaired) electrons. The third-order valence-electron chi connectivity index (χ3n) is 3.49. The molecule has 0 bridgehead atoms. The maximum Gasteiger partial charge on any atom is 0.158 e. The van der Waals surface area contributed by atoms with E-state index in [9.17, 15) is 5.11 Å². The van der Waals surface area contributed by atoms with Gasteiger partial charge in [0, 0.05) is 5.56 Å². The van der Waals surface area contributed by atoms with Gasteiger partial charge in [0.15, 0.2) is 10.3 Å². The molecule has 0 unspecified atom stereocenters. The van der Waals surface area contributed by atoms with E-state index in [1.165, 1.54) is 6.07 Å². The highest BCUT2D eigenvalue weighted by molar-refractivity contribution is 6.31. The standard InChI is InChI=1S/C17H12Cl2N2O/c18-15-11-14(16(19)21-20-15)17(22,12-7-3-1-4-8-12)13-9-5-2-6-10-13/h1-11,22H. The molecule has 0 aliphatic carbocycles. The van der Waals surface area contributed by atoms with Gasteiger partial charge in [-0.3, -0.25) is 0 Å². The van der Waals surface area contributed by atoms with Crippen LogP contribution in [0.1, 0.15) is 16.7 Å². The molecular weight excluding hydrogens is 319 g/mol. The molecule has 3 rings (SSSR count). The fourth-order valence-electron chi connectivity index (χ4n) is 2.44. The summed E-state index contributed by atoms with van der Waals surface area (Å²) in [6, 6.07) is 20.0. The van der Waals surface area contributed by atoms with E-state index < -0.39 is 5.60 Å². The van der Waals surface area contributed by atoms with Gasteiger partial charge in [0.05, 0.1) is 0 Å². The van der Waals surface area contributed by atoms with E-state index in [1.807, 2.05) is 60.7 Å². The first-order chi connectivity index (χ1) is 10.6. The average molecular weight is 331 g/mol. The van der Waals surface area contributed by atoms with Crippen molar-refractivity contribution in [3.63, 3.8) is 0 Å². The van der Waals surface area contributed by atoms with Gasteiger partial charge in [-0.15, -0.1) is 10.2 Å². The Kier molecular flexibility index (Phi) is 4.12. The van der Waals surface area contributed by atoms with Crippen LogP contribution >= 0.6 is 23.2 Å². The summed E-state index contributed by atoms with van der Waals surface area (Å²) in [7, 11) is 0. The van der Waals surface area contributed by atoms with E-state index in [0.29, 0.717) is 16.7 Å². The summed E-state index contributed by atoms with van der Waals surface area (Å²) in [6.07, 6.45) is 0. The monoisotopic (exact) mass is 330 g/mol. The molecule has 1 N–H and O–H groups in total. The second-order valence-corrected chi connectivity index (χ2v) is 5.56. The minimum Gasteiger partial charge on any atom is -0.376 e. The smallest absolute Gasteiger partial charge is 0.158 e. The number of hydrogen-bond donors (Lipinski definition) is 1. The number of hydrogen-bond acceptors (Lipinski definition) is 3. The van der Waals surface area contributed by atoms with Crippen molar-refractivity contribution in [3.8, 4) is 0 Å². The van der Waals surface area contributed by atoms with E-state index in [0.717, 1.165) is 0 Å². The molecule has 0 saturated heterocycles. The number of benzene rings is 2. The van der Waals surface area contributed by atoms with Crippen molar-refractivity contribution < 1.29 is 5.11 Å². The molecule has 5 heteroatoms. The van der Waals surface area contributed by atoms with Gasteiger partial charge in [-0.2, -0.15) is 0 Å². The van der Waals surface area contributed by atoms with E-state index in [2.05, 4.69) is 10.2 Å². The number of rotatable bonds is 3. The molecule has 2 aromatic carbocycles. The van der Waals surface area contributed by atoms with Gasteiger partial charge in [0.1, 0.15) is 5.60 Å². The zero-order valence-corrected chi connectivity index (χ0v) is 13.0. The number of aromatic nitrogens is 2. The van der Waals surface area contributed by atoms with Crippen LogP contribution in [0.4, 0.5) is 0 Å². The summed E-state index contributed by atoms with van der Waals surface area (Å²) >= 11 is 12.1. The van der Waals surface area contributed by atoms with Gasteiger partial charge in [0.2, 0.25) is 0 Å². The fraction of sp³-hybridized carbons (Fsp3) is 0.0588. The first-order valence-electron chi connectivity index (χ1n) is 6.65. The summed E-state index contributed by atoms with van der Waals surface area (Å²) in [6.45, 7) is 0. The topological polar surface area (TPSA) is 46.0 Å². The Labute approximate surface area is 138 Å². The Bertz CT molecular complexity index is 740. The van der Waals surface area contributed by atoms with Crippen LogP contribution in [0, 0.1) is 0 Å². The quantitative estimate of drug-likeness (QED) is 0.787. The highest BCUT2D eigenvalue weighted by Gasteiger charge is 2.36. The lowest BCUT2D eigenvalue weighted by Crippen LogP contribution is -2.29. The lowest BCUT2D eigenvalue weighted by atomic mass is 9.81. The second-order valence-electron chi connectivity index (χ2n) is 4.81. The van der Waals surface area contributed by atoms with Gasteiger partial charge in [0.25, 0.3) is 0 Å². The van der Waals surface area contributed by atoms with Crippen LogP contribution in [0.15, 0.2) is 66.7 Å². The van der Waals surface area contributed by atoms with Crippen LogP contribution in [0.2, 0.25) is 10.3 Å². The van der Waals surface area contributed by atoms with Crippen LogP contribution in [-0.4, -0.2) is 15.3 Å². The average Bonchev–Trinajstić information content (AvgIpc) is 2.58. The van der Waals surface area contributed by atoms with E-state index in [4.69, 9.17) is 23.2 Å². The summed E-state index contributed by atoms with van der Waals surface area (Å²) in [5, 5.41) is 19.3. The molecule has 1 aromatic heterocycles. The molecule has 0 aliphatic heterocycles. The van der Waals surface area contributed by atoms with Crippen molar-refractivity contribution in [1.29, 1.82) is 0 Å². The number of halogens is 2. The minimum absolute atomic E-state index is 0.111. The Balaban J connectivity index is 2.31. The normalized spacial score (nSPS) is 11.4. The predicted molar refractivity (Wildman–Crippen MR) is 87.0 cm³/mol. The zero-order valence-electron chi connectivity index (χ0n) is 11.4. The van der Waals surface area contributed by atoms with Crippen molar-refractivity contribution in [1.82, 2.24) is 10.2 Å². The molecule has 0 spiro atoms. The highest BCUT2D eigenvalue weighted by atomic mass is 35.5. The SMILES string of the molecule is OC(c1ccccc1)(c1ccccc1)c1cc(Cl)nnc1Cl. The van der Waals surface area contributed by atoms with E-state index in [1.54, 1.807) is 0 Å². The molecule has 3 nitrogen and oxygen atoms in total. The summed E-state index contributed by atoms with van der Waals surface area (Å²) in [5.41, 5.74) is 0.282. The van der Waals surface area contributed by atoms with Crippen molar-refractivity contribution in [2.75, 3.05) is 0 Å². The molecule has 0 amide bonds. The summed E-state index contributed by atoms with van der Waals surface area (Å²) in [4.78, 5) is 0. The summed E-state index contributed by atoms with van der Waals surface area (Å²) in [5.74, 6) is 0. The number of aliphatic hydroxyl groups is 1.